The van der Waals surface area contributed by atoms with Crippen molar-refractivity contribution in [1.82, 2.24) is 19.6 Å². The Hall–Kier alpha value is -7.16. The molecule has 8 heterocycles. The highest BCUT2D eigenvalue weighted by Gasteiger charge is 2.47. The van der Waals surface area contributed by atoms with Gasteiger partial charge in [-0.25, -0.2) is 0 Å². The van der Waals surface area contributed by atoms with Crippen LogP contribution in [0.3, 0.4) is 0 Å². The van der Waals surface area contributed by atoms with Crippen LogP contribution in [-0.4, -0.2) is 201 Å². The van der Waals surface area contributed by atoms with Crippen LogP contribution in [0.25, 0.3) is 0 Å². The Bertz CT molecular complexity index is 7730. The number of hydrogen-bond acceptors (Lipinski definition) is 24. The summed E-state index contributed by atoms with van der Waals surface area (Å²) < 4.78 is 765. The van der Waals surface area contributed by atoms with Crippen molar-refractivity contribution >= 4 is 23.9 Å². The second kappa shape index (κ2) is 43.9. The van der Waals surface area contributed by atoms with Crippen LogP contribution < -0.4 is 60.8 Å². The van der Waals surface area contributed by atoms with Crippen LogP contribution in [0.1, 0.15) is 344 Å². The number of hydrogen-bond donors (Lipinski definition) is 4. The van der Waals surface area contributed by atoms with Gasteiger partial charge in [-0.3, -0.25) is 38.8 Å². The lowest BCUT2D eigenvalue weighted by Crippen LogP contribution is -2.51. The van der Waals surface area contributed by atoms with Crippen molar-refractivity contribution in [3.8, 4) is 46.0 Å². The lowest BCUT2D eigenvalue weighted by molar-refractivity contribution is -0.161. The van der Waals surface area contributed by atoms with Gasteiger partial charge in [-0.05, 0) is 191 Å². The fourth-order valence-electron chi connectivity index (χ4n) is 11.9. The third-order valence-electron chi connectivity index (χ3n) is 17.4. The molecule has 0 saturated carbocycles. The van der Waals surface area contributed by atoms with E-state index in [1.54, 1.807) is 0 Å². The van der Waals surface area contributed by atoms with Crippen LogP contribution in [0.4, 0.5) is 0 Å². The molecule has 4 fully saturated rings. The van der Waals surface area contributed by atoms with Gasteiger partial charge < -0.3 is 79.8 Å². The quantitative estimate of drug-likeness (QED) is 0.0303. The number of carbonyl (C=O) groups is 4. The maximum absolute atomic E-state index is 13.8. The molecule has 16 atom stereocenters. The van der Waals surface area contributed by atoms with Gasteiger partial charge in [0, 0.05) is 213 Å². The van der Waals surface area contributed by atoms with E-state index in [4.69, 9.17) is 165 Å². The summed E-state index contributed by atoms with van der Waals surface area (Å²) in [5, 5.41) is 0. The molecule has 0 aliphatic carbocycles. The number of carbonyl (C=O) groups excluding carboxylic acids is 4. The molecule has 0 bridgehead atoms. The molecule has 24 nitrogen and oxygen atoms in total. The van der Waals surface area contributed by atoms with Crippen molar-refractivity contribution in [2.24, 2.45) is 93.8 Å². The van der Waals surface area contributed by atoms with Crippen molar-refractivity contribution < 1.29 is 190 Å². The molecule has 4 aromatic rings. The Morgan fingerprint density at radius 1 is 0.367 bits per heavy atom. The lowest BCUT2D eigenvalue weighted by Gasteiger charge is -2.47. The number of ether oxygens (including phenoxy) is 12. The van der Waals surface area contributed by atoms with Gasteiger partial charge in [0.25, 0.3) is 0 Å². The van der Waals surface area contributed by atoms with E-state index in [1.165, 1.54) is 55.4 Å². The smallest absolute Gasteiger partial charge is 0.323 e. The first kappa shape index (κ1) is 34.0. The largest absolute Gasteiger partial charge is 0.493 e. The van der Waals surface area contributed by atoms with Crippen LogP contribution in [0.5, 0.6) is 46.0 Å². The van der Waals surface area contributed by atoms with E-state index < -0.39 is 504 Å². The highest BCUT2D eigenvalue weighted by atomic mass is 16.6. The van der Waals surface area contributed by atoms with Gasteiger partial charge in [-0.15, -0.1) is 0 Å². The Morgan fingerprint density at radius 3 is 0.833 bits per heavy atom. The molecule has 24 heteroatoms. The predicted octanol–water partition coefficient (Wildman–Crippen LogP) is 14.3. The highest BCUT2D eigenvalue weighted by molar-refractivity contribution is 5.77. The molecule has 0 spiro atoms. The summed E-state index contributed by atoms with van der Waals surface area (Å²) >= 11 is 0. The van der Waals surface area contributed by atoms with Gasteiger partial charge in [0.2, 0.25) is 0 Å². The van der Waals surface area contributed by atoms with Gasteiger partial charge in [0.05, 0.1) is 82.8 Å². The molecule has 4 aromatic carbocycles. The number of piperidine rings is 4. The minimum Gasteiger partial charge on any atom is -0.493 e. The molecular formula is C96H152N8O16. The van der Waals surface area contributed by atoms with E-state index in [1.807, 2.05) is 0 Å². The Balaban J connectivity index is 0.000000293. The molecule has 12 rings (SSSR count). The van der Waals surface area contributed by atoms with Crippen molar-refractivity contribution in [2.45, 2.75) is 260 Å². The molecule has 4 saturated heterocycles. The molecule has 8 aliphatic rings. The molecule has 672 valence electrons. The summed E-state index contributed by atoms with van der Waals surface area (Å²) in [6.45, 7) is -50.5. The second-order valence-corrected chi connectivity index (χ2v) is 28.0. The first-order valence-corrected chi connectivity index (χ1v) is 36.2. The zero-order valence-corrected chi connectivity index (χ0v) is 67.3. The summed E-state index contributed by atoms with van der Waals surface area (Å²) in [6, 6.07) is -35.5. The number of fused-ring (bicyclic) bond motifs is 12. The third kappa shape index (κ3) is 23.8. The molecule has 12 unspecified atom stereocenters. The Morgan fingerprint density at radius 2 is 0.592 bits per heavy atom. The van der Waals surface area contributed by atoms with Crippen LogP contribution in [0, 0.1) is 70.8 Å². The first-order valence-electron chi connectivity index (χ1n) is 77.7. The standard InChI is InChI=1S/4C24H38N2O4/c4*1-14(2)9-17-13-26-8-7-16-10-21(28-5)22(29-6)11-18(16)19(26)12-20(17)30-24(27)23(25)15(3)4/h4*10-11,14-15,17,19-20,23H,7-9,12-13,25H2,1-6H3/t4*17?,19?,20?,23-/m0000/s1/i3D3,4D3,7D2,8D2,10D,11D,12D2,13D2,15D,17D,20D,23D;2*3D3,4D3,5D3,7D2,8D2,10D,11D,12D2,13D2,15D,17D,23D;3D3,4D3,7D2,8D2,10D,11D,12D2,13D2,15D,17D,23D. The zero-order valence-electron chi connectivity index (χ0n) is 150. The van der Waals surface area contributed by atoms with Crippen molar-refractivity contribution in [3.05, 3.63) is 92.8 Å². The number of rotatable bonds is 28. The molecule has 0 radical (unpaired) electrons. The fraction of sp³-hybridized carbons (Fsp3) is 0.708. The molecule has 120 heavy (non-hydrogen) atoms. The van der Waals surface area contributed by atoms with Crippen LogP contribution >= 0.6 is 0 Å². The van der Waals surface area contributed by atoms with E-state index in [-0.39, 0.29) is 19.6 Å². The maximum Gasteiger partial charge on any atom is 0.323 e. The van der Waals surface area contributed by atoms with Gasteiger partial charge in [-0.1, -0.05) is 110 Å². The molecule has 8 aliphatic heterocycles. The number of benzene rings is 4. The average molecular weight is 1760 g/mol. The van der Waals surface area contributed by atoms with Crippen molar-refractivity contribution in [2.75, 3.05) is 109 Å². The van der Waals surface area contributed by atoms with Gasteiger partial charge in [0.1, 0.15) is 48.5 Å². The van der Waals surface area contributed by atoms with Gasteiger partial charge in [-0.2, -0.15) is 0 Å². The van der Waals surface area contributed by atoms with Crippen molar-refractivity contribution in [1.29, 1.82) is 0 Å². The van der Waals surface area contributed by atoms with Crippen molar-refractivity contribution in [3.63, 3.8) is 0 Å². The monoisotopic (exact) mass is 1760 g/mol. The third-order valence-corrected chi connectivity index (χ3v) is 17.4. The molecule has 0 amide bonds. The minimum atomic E-state index is -4.22. The van der Waals surface area contributed by atoms with Crippen LogP contribution in [-0.2, 0) is 63.6 Å². The zero-order chi connectivity index (χ0) is 161. The molecular weight excluding hydrogens is 1520 g/mol. The van der Waals surface area contributed by atoms with Gasteiger partial charge >= 0.3 is 23.9 Å². The molecule has 0 aromatic heterocycles. The molecule has 8 N–H and O–H groups in total. The lowest BCUT2D eigenvalue weighted by atomic mass is 9.79. The summed E-state index contributed by atoms with van der Waals surface area (Å²) in [4.78, 5) is 54.9. The minimum absolute atomic E-state index is 0.0424. The Kier molecular flexibility index (Phi) is 12.4. The number of methoxy groups -OCH3 is 8. The Labute approximate surface area is 835 Å². The summed E-state index contributed by atoms with van der Waals surface area (Å²) in [6.07, 6.45) is -45.0. The second-order valence-electron chi connectivity index (χ2n) is 28.0. The predicted molar refractivity (Wildman–Crippen MR) is 471 cm³/mol. The van der Waals surface area contributed by atoms with E-state index in [2.05, 4.69) is 0 Å². The first-order chi connectivity index (χ1) is 89.2. The summed E-state index contributed by atoms with van der Waals surface area (Å²) in [7, 11) is -0.878. The number of nitrogens with two attached hydrogens (primary N) is 4. The highest BCUT2D eigenvalue weighted by Crippen LogP contribution is 2.50. The SMILES string of the molecule is [2H]c1c(OC)c(OC([2H])([2H])[2H])c([2H])c2c1C1N(C([2H])([2H])C2([2H])[2H])C([2H])([2H])C([2H])(CC(C)C)C(OC(=O)[C@@]([2H])(N)C([2H])(C([2H])([2H])[2H])C([2H])([2H])[2H])C1([2H])[2H].[2H]c1c(OC)c(OC([2H])([2H])[2H])c([2H])c2c1C1N(C([2H])([2H])C2([2H])[2H])C([2H])([2H])C([2H])(CC(C)C)C(OC(=O)[C@@]([2H])(N)C([2H])(C([2H])([2H])[2H])C([2H])([2H])[2H])C1([2H])[2H].[2H]c1c(OC)c(OC)c([2H])c2c1C1N(C([2H])([2H])C2([2H])[2H])C([2H])([2H])C([2H])(CC(C)C)C(OC(=O)[C@@]([2H])(N)C([2H])(C([2H])([2H])[2H])C([2H])([2H])[2H])C1([2H])[2H].[2H]c1c(OC)c(OC)c([2H])c2c1C1N(C([2H])([2H])C2([2H])[2H])C([2H])([2H])C([2H])(CC(C)C)C([2H])(OC(=O)[C@@]([2H])(N)C([2H])(C([2H])([2H])[2H])C([2H])([2H])[2H])C1([2H])[2H]. The van der Waals surface area contributed by atoms with E-state index in [0.29, 0.717) is 0 Å². The number of nitrogens with zero attached hydrogens (tertiary/aromatic N) is 4. The van der Waals surface area contributed by atoms with E-state index >= 15 is 0 Å². The van der Waals surface area contributed by atoms with E-state index in [0.717, 1.165) is 42.7 Å². The summed E-state index contributed by atoms with van der Waals surface area (Å²) in [5.74, 6) is -49.3. The maximum atomic E-state index is 13.8. The van der Waals surface area contributed by atoms with Crippen LogP contribution in [0.2, 0.25) is 0 Å². The van der Waals surface area contributed by atoms with Gasteiger partial charge in [0.15, 0.2) is 46.0 Å². The van der Waals surface area contributed by atoms with E-state index in [9.17, 15) is 48.0 Å². The fourth-order valence-corrected chi connectivity index (χ4v) is 11.9. The van der Waals surface area contributed by atoms with Crippen LogP contribution in [0.15, 0.2) is 48.3 Å². The normalized spacial score (nSPS) is 47.3. The number of esters is 4. The topological polar surface area (TPSA) is 296 Å². The average Bonchev–Trinajstić information content (AvgIpc) is 0.649. The summed E-state index contributed by atoms with van der Waals surface area (Å²) in [5.41, 5.74) is 14.4.